The van der Waals surface area contributed by atoms with Crippen LogP contribution >= 0.6 is 11.8 Å². The van der Waals surface area contributed by atoms with Crippen LogP contribution in [-0.2, 0) is 4.79 Å². The van der Waals surface area contributed by atoms with Gasteiger partial charge in [-0.15, -0.1) is 10.2 Å². The number of hydrogen-bond donors (Lipinski definition) is 1. The van der Waals surface area contributed by atoms with Gasteiger partial charge in [-0.25, -0.2) is 5.43 Å². The molecule has 7 heteroatoms. The van der Waals surface area contributed by atoms with E-state index in [-0.39, 0.29) is 11.7 Å². The summed E-state index contributed by atoms with van der Waals surface area (Å²) in [5.74, 6) is 0.678. The molecule has 0 saturated carbocycles. The van der Waals surface area contributed by atoms with E-state index in [2.05, 4.69) is 58.0 Å². The molecule has 0 atom stereocenters. The summed E-state index contributed by atoms with van der Waals surface area (Å²) in [6.07, 6.45) is 0. The number of hydrogen-bond acceptors (Lipinski definition) is 5. The summed E-state index contributed by atoms with van der Waals surface area (Å²) in [4.78, 5) is 12.7. The molecule has 4 aromatic carbocycles. The van der Waals surface area contributed by atoms with Gasteiger partial charge >= 0.3 is 0 Å². The van der Waals surface area contributed by atoms with Gasteiger partial charge in [-0.2, -0.15) is 5.10 Å². The van der Waals surface area contributed by atoms with Crippen LogP contribution in [0.1, 0.15) is 18.1 Å². The van der Waals surface area contributed by atoms with Gasteiger partial charge in [-0.3, -0.25) is 9.36 Å². The first-order chi connectivity index (χ1) is 17.6. The van der Waals surface area contributed by atoms with Gasteiger partial charge in [0.1, 0.15) is 0 Å². The minimum absolute atomic E-state index is 0.158. The Kier molecular flexibility index (Phi) is 6.91. The lowest BCUT2D eigenvalue weighted by atomic mass is 10.0. The fraction of sp³-hybridized carbons (Fsp3) is 0.103. The number of carbonyl (C=O) groups excluding carboxylic acids is 1. The maximum atomic E-state index is 12.7. The number of aryl methyl sites for hydroxylation is 1. The number of fused-ring (bicyclic) bond motifs is 1. The summed E-state index contributed by atoms with van der Waals surface area (Å²) in [5, 5.41) is 16.1. The van der Waals surface area contributed by atoms with Crippen molar-refractivity contribution in [2.75, 3.05) is 5.75 Å². The number of nitrogens with zero attached hydrogens (tertiary/aromatic N) is 4. The van der Waals surface area contributed by atoms with E-state index in [1.807, 2.05) is 78.2 Å². The molecule has 1 heterocycles. The molecule has 5 rings (SSSR count). The zero-order valence-corrected chi connectivity index (χ0v) is 20.9. The summed E-state index contributed by atoms with van der Waals surface area (Å²) < 4.78 is 1.98. The maximum absolute atomic E-state index is 12.7. The fourth-order valence-corrected chi connectivity index (χ4v) is 4.72. The van der Waals surface area contributed by atoms with Crippen LogP contribution < -0.4 is 5.43 Å². The smallest absolute Gasteiger partial charge is 0.250 e. The molecular formula is C29H25N5OS. The number of carbonyl (C=O) groups is 1. The molecule has 0 radical (unpaired) electrons. The van der Waals surface area contributed by atoms with Gasteiger partial charge in [0.25, 0.3) is 5.91 Å². The van der Waals surface area contributed by atoms with Crippen LogP contribution in [-0.4, -0.2) is 32.1 Å². The van der Waals surface area contributed by atoms with Crippen molar-refractivity contribution in [3.05, 3.63) is 108 Å². The van der Waals surface area contributed by atoms with E-state index in [4.69, 9.17) is 0 Å². The van der Waals surface area contributed by atoms with Gasteiger partial charge in [-0.05, 0) is 36.8 Å². The van der Waals surface area contributed by atoms with Crippen LogP contribution in [0.25, 0.3) is 27.8 Å². The lowest BCUT2D eigenvalue weighted by Crippen LogP contribution is -2.21. The van der Waals surface area contributed by atoms with Gasteiger partial charge in [0, 0.05) is 16.8 Å². The zero-order chi connectivity index (χ0) is 24.9. The highest BCUT2D eigenvalue weighted by Crippen LogP contribution is 2.28. The van der Waals surface area contributed by atoms with E-state index >= 15 is 0 Å². The van der Waals surface area contributed by atoms with Crippen molar-refractivity contribution in [3.8, 4) is 17.1 Å². The molecule has 0 aliphatic carbocycles. The van der Waals surface area contributed by atoms with Crippen molar-refractivity contribution in [2.45, 2.75) is 19.0 Å². The second-order valence-electron chi connectivity index (χ2n) is 8.39. The van der Waals surface area contributed by atoms with E-state index in [9.17, 15) is 4.79 Å². The Labute approximate surface area is 214 Å². The first kappa shape index (κ1) is 23.5. The van der Waals surface area contributed by atoms with Gasteiger partial charge in [-0.1, -0.05) is 102 Å². The van der Waals surface area contributed by atoms with E-state index < -0.39 is 0 Å². The van der Waals surface area contributed by atoms with Crippen molar-refractivity contribution >= 4 is 34.2 Å². The predicted octanol–water partition coefficient (Wildman–Crippen LogP) is 6.03. The SMILES string of the molecule is CC(=NNC(=O)CSc1nnc(-c2ccccc2)n1-c1ccc(C)cc1)c1cccc2ccccc12. The van der Waals surface area contributed by atoms with Gasteiger partial charge < -0.3 is 0 Å². The Morgan fingerprint density at radius 2 is 1.61 bits per heavy atom. The summed E-state index contributed by atoms with van der Waals surface area (Å²) >= 11 is 1.33. The lowest BCUT2D eigenvalue weighted by molar-refractivity contribution is -0.118. The normalized spacial score (nSPS) is 11.6. The van der Waals surface area contributed by atoms with Crippen molar-refractivity contribution in [3.63, 3.8) is 0 Å². The number of hydrazone groups is 1. The van der Waals surface area contributed by atoms with Crippen LogP contribution in [0.2, 0.25) is 0 Å². The van der Waals surface area contributed by atoms with Crippen LogP contribution in [0.3, 0.4) is 0 Å². The minimum atomic E-state index is -0.209. The predicted molar refractivity (Wildman–Crippen MR) is 147 cm³/mol. The molecule has 178 valence electrons. The summed E-state index contributed by atoms with van der Waals surface area (Å²) in [6, 6.07) is 32.3. The molecule has 1 N–H and O–H groups in total. The Balaban J connectivity index is 1.34. The van der Waals surface area contributed by atoms with Gasteiger partial charge in [0.05, 0.1) is 11.5 Å². The Morgan fingerprint density at radius 3 is 2.42 bits per heavy atom. The summed E-state index contributed by atoms with van der Waals surface area (Å²) in [6.45, 7) is 3.95. The largest absolute Gasteiger partial charge is 0.272 e. The standard InChI is InChI=1S/C29H25N5OS/c1-20-15-17-24(18-16-20)34-28(23-10-4-3-5-11-23)32-33-29(34)36-19-27(35)31-30-21(2)25-14-8-12-22-9-6-7-13-26(22)25/h3-18H,19H2,1-2H3,(H,31,35). The number of thioether (sulfide) groups is 1. The molecule has 0 bridgehead atoms. The van der Waals surface area contributed by atoms with E-state index in [0.29, 0.717) is 5.16 Å². The molecule has 36 heavy (non-hydrogen) atoms. The first-order valence-corrected chi connectivity index (χ1v) is 12.6. The van der Waals surface area contributed by atoms with Crippen LogP contribution in [0.4, 0.5) is 0 Å². The number of rotatable bonds is 7. The second kappa shape index (κ2) is 10.6. The molecule has 0 spiro atoms. The topological polar surface area (TPSA) is 72.2 Å². The van der Waals surface area contributed by atoms with Crippen molar-refractivity contribution in [2.24, 2.45) is 5.10 Å². The average molecular weight is 492 g/mol. The minimum Gasteiger partial charge on any atom is -0.272 e. The van der Waals surface area contributed by atoms with Gasteiger partial charge in [0.15, 0.2) is 11.0 Å². The molecular weight excluding hydrogens is 466 g/mol. The summed E-state index contributed by atoms with van der Waals surface area (Å²) in [5.41, 5.74) is 7.50. The van der Waals surface area contributed by atoms with Crippen LogP contribution in [0.5, 0.6) is 0 Å². The highest BCUT2D eigenvalue weighted by atomic mass is 32.2. The molecule has 1 aromatic heterocycles. The van der Waals surface area contributed by atoms with Crippen molar-refractivity contribution in [1.82, 2.24) is 20.2 Å². The Hall–Kier alpha value is -4.23. The lowest BCUT2D eigenvalue weighted by Gasteiger charge is -2.11. The van der Waals surface area contributed by atoms with Crippen LogP contribution in [0, 0.1) is 6.92 Å². The molecule has 0 aliphatic rings. The number of aromatic nitrogens is 3. The number of benzene rings is 4. The van der Waals surface area contributed by atoms with E-state index in [1.165, 1.54) is 17.3 Å². The fourth-order valence-electron chi connectivity index (χ4n) is 3.97. The van der Waals surface area contributed by atoms with Crippen molar-refractivity contribution in [1.29, 1.82) is 0 Å². The molecule has 0 unspecified atom stereocenters. The zero-order valence-electron chi connectivity index (χ0n) is 20.1. The van der Waals surface area contributed by atoms with E-state index in [0.717, 1.165) is 39.1 Å². The Bertz CT molecular complexity index is 1540. The molecule has 5 aromatic rings. The third-order valence-electron chi connectivity index (χ3n) is 5.82. The third kappa shape index (κ3) is 5.06. The quantitative estimate of drug-likeness (QED) is 0.171. The molecule has 0 fully saturated rings. The molecule has 6 nitrogen and oxygen atoms in total. The van der Waals surface area contributed by atoms with E-state index in [1.54, 1.807) is 0 Å². The molecule has 0 saturated heterocycles. The number of nitrogens with one attached hydrogen (secondary N) is 1. The van der Waals surface area contributed by atoms with Crippen LogP contribution in [0.15, 0.2) is 107 Å². The third-order valence-corrected chi connectivity index (χ3v) is 6.75. The first-order valence-electron chi connectivity index (χ1n) is 11.6. The summed E-state index contributed by atoms with van der Waals surface area (Å²) in [7, 11) is 0. The molecule has 1 amide bonds. The number of amides is 1. The van der Waals surface area contributed by atoms with Gasteiger partial charge in [0.2, 0.25) is 0 Å². The monoisotopic (exact) mass is 491 g/mol. The Morgan fingerprint density at radius 1 is 0.889 bits per heavy atom. The van der Waals surface area contributed by atoms with Crippen molar-refractivity contribution < 1.29 is 4.79 Å². The maximum Gasteiger partial charge on any atom is 0.250 e. The average Bonchev–Trinajstić information content (AvgIpc) is 3.35. The highest BCUT2D eigenvalue weighted by molar-refractivity contribution is 7.99. The molecule has 0 aliphatic heterocycles. The highest BCUT2D eigenvalue weighted by Gasteiger charge is 2.17. The second-order valence-corrected chi connectivity index (χ2v) is 9.33.